The van der Waals surface area contributed by atoms with Crippen LogP contribution >= 0.6 is 11.3 Å². The number of hydrogen-bond acceptors (Lipinski definition) is 2. The van der Waals surface area contributed by atoms with Gasteiger partial charge in [-0.3, -0.25) is 0 Å². The van der Waals surface area contributed by atoms with Crippen LogP contribution < -0.4 is 0 Å². The van der Waals surface area contributed by atoms with Crippen LogP contribution in [0.1, 0.15) is 0 Å². The monoisotopic (exact) mass is 676 g/mol. The first kappa shape index (κ1) is 28.2. The number of hydrogen-bond donors (Lipinski definition) is 0. The standard InChI is InChI=1S/C50H28OS/c1-3-7-31-23-39-25-33(9-11-35(39)21-29(31)5-1)37-13-15-41-43-17-20-46-44(49(43)51-47(41)27-37)18-19-45-42-16-14-38(28-48(42)52-50(45)46)34-10-12-36-22-30-6-2-4-8-32(30)24-40(36)26-34/h1-28H. The Morgan fingerprint density at radius 3 is 1.35 bits per heavy atom. The van der Waals surface area contributed by atoms with Gasteiger partial charge in [-0.15, -0.1) is 11.3 Å². The van der Waals surface area contributed by atoms with Gasteiger partial charge in [-0.2, -0.15) is 0 Å². The Balaban J connectivity index is 0.960. The molecule has 0 aliphatic carbocycles. The molecule has 2 heterocycles. The Bertz CT molecular complexity index is 3240. The zero-order valence-corrected chi connectivity index (χ0v) is 28.8. The summed E-state index contributed by atoms with van der Waals surface area (Å²) in [6, 6.07) is 62.6. The summed E-state index contributed by atoms with van der Waals surface area (Å²) >= 11 is 1.88. The minimum absolute atomic E-state index is 0.920. The molecular weight excluding hydrogens is 649 g/mol. The fourth-order valence-electron chi connectivity index (χ4n) is 8.47. The molecule has 0 saturated carbocycles. The smallest absolute Gasteiger partial charge is 0.143 e. The Morgan fingerprint density at radius 2 is 0.731 bits per heavy atom. The molecule has 0 saturated heterocycles. The fraction of sp³-hybridized carbons (Fsp3) is 0. The molecule has 12 aromatic rings. The quantitative estimate of drug-likeness (QED) is 0.166. The molecule has 0 amide bonds. The van der Waals surface area contributed by atoms with E-state index in [9.17, 15) is 0 Å². The molecule has 0 radical (unpaired) electrons. The van der Waals surface area contributed by atoms with E-state index in [1.54, 1.807) is 0 Å². The summed E-state index contributed by atoms with van der Waals surface area (Å²) in [5, 5.41) is 17.4. The third-order valence-electron chi connectivity index (χ3n) is 11.1. The number of rotatable bonds is 2. The van der Waals surface area contributed by atoms with E-state index in [1.165, 1.54) is 85.3 Å². The Kier molecular flexibility index (Phi) is 5.71. The van der Waals surface area contributed by atoms with Crippen LogP contribution in [0.25, 0.3) is 118 Å². The third kappa shape index (κ3) is 4.16. The van der Waals surface area contributed by atoms with Gasteiger partial charge in [0.2, 0.25) is 0 Å². The summed E-state index contributed by atoms with van der Waals surface area (Å²) in [5.74, 6) is 0. The average Bonchev–Trinajstić information content (AvgIpc) is 3.76. The lowest BCUT2D eigenvalue weighted by molar-refractivity contribution is 0.673. The van der Waals surface area contributed by atoms with E-state index in [1.807, 2.05) is 11.3 Å². The topological polar surface area (TPSA) is 13.1 Å². The molecule has 0 fully saturated rings. The summed E-state index contributed by atoms with van der Waals surface area (Å²) in [6.45, 7) is 0. The van der Waals surface area contributed by atoms with Crippen molar-refractivity contribution < 1.29 is 4.42 Å². The number of benzene rings is 10. The first-order valence-corrected chi connectivity index (χ1v) is 18.6. The maximum Gasteiger partial charge on any atom is 0.143 e. The van der Waals surface area contributed by atoms with E-state index < -0.39 is 0 Å². The molecule has 0 aliphatic heterocycles. The van der Waals surface area contributed by atoms with Crippen molar-refractivity contribution >= 4 is 107 Å². The van der Waals surface area contributed by atoms with E-state index >= 15 is 0 Å². The Hall–Kier alpha value is -6.48. The molecule has 0 spiro atoms. The molecule has 10 aromatic carbocycles. The van der Waals surface area contributed by atoms with Crippen LogP contribution in [-0.4, -0.2) is 0 Å². The van der Waals surface area contributed by atoms with Gasteiger partial charge in [-0.25, -0.2) is 0 Å². The highest BCUT2D eigenvalue weighted by molar-refractivity contribution is 7.26. The van der Waals surface area contributed by atoms with Crippen molar-refractivity contribution in [2.45, 2.75) is 0 Å². The molecule has 0 N–H and O–H groups in total. The van der Waals surface area contributed by atoms with Crippen LogP contribution in [-0.2, 0) is 0 Å². The number of fused-ring (bicyclic) bond motifs is 13. The van der Waals surface area contributed by atoms with Crippen molar-refractivity contribution in [1.29, 1.82) is 0 Å². The van der Waals surface area contributed by atoms with E-state index in [4.69, 9.17) is 4.42 Å². The van der Waals surface area contributed by atoms with Crippen molar-refractivity contribution in [2.24, 2.45) is 0 Å². The zero-order chi connectivity index (χ0) is 33.9. The van der Waals surface area contributed by atoms with E-state index in [0.29, 0.717) is 0 Å². The highest BCUT2D eigenvalue weighted by Gasteiger charge is 2.16. The minimum atomic E-state index is 0.920. The third-order valence-corrected chi connectivity index (χ3v) is 12.3. The molecule has 0 bridgehead atoms. The zero-order valence-electron chi connectivity index (χ0n) is 28.0. The van der Waals surface area contributed by atoms with Gasteiger partial charge in [0.25, 0.3) is 0 Å². The fourth-order valence-corrected chi connectivity index (χ4v) is 9.74. The van der Waals surface area contributed by atoms with Gasteiger partial charge in [0.15, 0.2) is 0 Å². The van der Waals surface area contributed by atoms with Gasteiger partial charge in [-0.05, 0) is 132 Å². The first-order chi connectivity index (χ1) is 25.7. The van der Waals surface area contributed by atoms with Gasteiger partial charge in [0.1, 0.15) is 11.2 Å². The predicted molar refractivity (Wildman–Crippen MR) is 225 cm³/mol. The SMILES string of the molecule is c1ccc2cc3cc(-c4ccc5c(c4)oc4c5ccc5c4ccc4c6ccc(-c7ccc8cc9ccccc9cc8c7)cc6sc45)ccc3cc2c1. The molecule has 52 heavy (non-hydrogen) atoms. The normalized spacial score (nSPS) is 12.2. The van der Waals surface area contributed by atoms with Crippen LogP contribution in [0.15, 0.2) is 174 Å². The van der Waals surface area contributed by atoms with Gasteiger partial charge in [0, 0.05) is 41.7 Å². The number of furan rings is 1. The second kappa shape index (κ2) is 10.5. The Labute approximate surface area is 302 Å². The number of thiophene rings is 1. The molecule has 0 unspecified atom stereocenters. The highest BCUT2D eigenvalue weighted by Crippen LogP contribution is 2.44. The summed E-state index contributed by atoms with van der Waals surface area (Å²) in [5.41, 5.74) is 6.72. The molecule has 0 aliphatic rings. The maximum atomic E-state index is 6.74. The van der Waals surface area contributed by atoms with Crippen LogP contribution in [0.3, 0.4) is 0 Å². The summed E-state index contributed by atoms with van der Waals surface area (Å²) in [6.07, 6.45) is 0. The lowest BCUT2D eigenvalue weighted by Crippen LogP contribution is -1.81. The van der Waals surface area contributed by atoms with Crippen molar-refractivity contribution in [1.82, 2.24) is 0 Å². The van der Waals surface area contributed by atoms with E-state index in [-0.39, 0.29) is 0 Å². The molecule has 2 aromatic heterocycles. The van der Waals surface area contributed by atoms with Crippen molar-refractivity contribution in [3.63, 3.8) is 0 Å². The van der Waals surface area contributed by atoms with Gasteiger partial charge in [-0.1, -0.05) is 103 Å². The second-order valence-electron chi connectivity index (χ2n) is 14.1. The molecule has 12 rings (SSSR count). The van der Waals surface area contributed by atoms with Crippen molar-refractivity contribution in [3.8, 4) is 22.3 Å². The molecular formula is C50H28OS. The summed E-state index contributed by atoms with van der Waals surface area (Å²) < 4.78 is 9.35. The Morgan fingerprint density at radius 1 is 0.308 bits per heavy atom. The largest absolute Gasteiger partial charge is 0.455 e. The lowest BCUT2D eigenvalue weighted by atomic mass is 9.97. The second-order valence-corrected chi connectivity index (χ2v) is 15.2. The van der Waals surface area contributed by atoms with E-state index in [0.717, 1.165) is 32.9 Å². The van der Waals surface area contributed by atoms with Crippen LogP contribution in [0.4, 0.5) is 0 Å². The van der Waals surface area contributed by atoms with Gasteiger partial charge >= 0.3 is 0 Å². The van der Waals surface area contributed by atoms with Crippen molar-refractivity contribution in [2.75, 3.05) is 0 Å². The molecule has 1 nitrogen and oxygen atoms in total. The maximum absolute atomic E-state index is 6.74. The summed E-state index contributed by atoms with van der Waals surface area (Å²) in [4.78, 5) is 0. The van der Waals surface area contributed by atoms with E-state index in [2.05, 4.69) is 170 Å². The van der Waals surface area contributed by atoms with Gasteiger partial charge < -0.3 is 4.42 Å². The lowest BCUT2D eigenvalue weighted by Gasteiger charge is -2.07. The van der Waals surface area contributed by atoms with Gasteiger partial charge in [0.05, 0.1) is 0 Å². The molecule has 240 valence electrons. The first-order valence-electron chi connectivity index (χ1n) is 17.8. The van der Waals surface area contributed by atoms with Crippen LogP contribution in [0.2, 0.25) is 0 Å². The van der Waals surface area contributed by atoms with Crippen LogP contribution in [0, 0.1) is 0 Å². The molecule has 0 atom stereocenters. The van der Waals surface area contributed by atoms with Crippen molar-refractivity contribution in [3.05, 3.63) is 170 Å². The highest BCUT2D eigenvalue weighted by atomic mass is 32.1. The average molecular weight is 677 g/mol. The summed E-state index contributed by atoms with van der Waals surface area (Å²) in [7, 11) is 0. The minimum Gasteiger partial charge on any atom is -0.455 e. The van der Waals surface area contributed by atoms with Crippen LogP contribution in [0.5, 0.6) is 0 Å². The molecule has 2 heteroatoms. The predicted octanol–water partition coefficient (Wildman–Crippen LogP) is 15.1.